The van der Waals surface area contributed by atoms with E-state index < -0.39 is 0 Å². The van der Waals surface area contributed by atoms with Crippen molar-refractivity contribution < 1.29 is 0 Å². The van der Waals surface area contributed by atoms with Gasteiger partial charge < -0.3 is 9.47 Å². The number of hydrogen-bond donors (Lipinski definition) is 0. The summed E-state index contributed by atoms with van der Waals surface area (Å²) in [4.78, 5) is 14.0. The molecule has 3 heterocycles. The maximum absolute atomic E-state index is 5.60. The van der Waals surface area contributed by atoms with Crippen LogP contribution in [0.15, 0.2) is 36.5 Å². The zero-order chi connectivity index (χ0) is 27.9. The van der Waals surface area contributed by atoms with Crippen molar-refractivity contribution in [1.29, 1.82) is 0 Å². The average Bonchev–Trinajstić information content (AvgIpc) is 3.35. The standard InChI is InChI=1S/C27H33N5.3C2H6/c1-3-26-28-19-23-18-25(32(27(23)29-26)24-7-5-4-6-8-24)17-21-9-11-22(12-10-21)20-31-15-13-30(2)14-16-31;3*1-2/h1,9-12,18-19,24H,4-8,13-17,20H2,2H3;3*1-2H3. The van der Waals surface area contributed by atoms with E-state index >= 15 is 0 Å². The van der Waals surface area contributed by atoms with Crippen LogP contribution in [0.25, 0.3) is 11.0 Å². The summed E-state index contributed by atoms with van der Waals surface area (Å²) in [7, 11) is 2.21. The summed E-state index contributed by atoms with van der Waals surface area (Å²) in [5, 5.41) is 1.09. The fraction of sp³-hybridized carbons (Fsp3) is 0.576. The lowest BCUT2D eigenvalue weighted by Crippen LogP contribution is -2.43. The Morgan fingerprint density at radius 2 is 1.47 bits per heavy atom. The van der Waals surface area contributed by atoms with Gasteiger partial charge in [0.2, 0.25) is 5.82 Å². The highest BCUT2D eigenvalue weighted by molar-refractivity contribution is 5.77. The molecule has 0 spiro atoms. The molecule has 2 fully saturated rings. The lowest BCUT2D eigenvalue weighted by atomic mass is 9.95. The highest BCUT2D eigenvalue weighted by Gasteiger charge is 2.22. The lowest BCUT2D eigenvalue weighted by Gasteiger charge is -2.32. The van der Waals surface area contributed by atoms with Gasteiger partial charge in [-0.3, -0.25) is 4.90 Å². The number of likely N-dealkylation sites (N-methyl/N-ethyl adjacent to an activating group) is 1. The van der Waals surface area contributed by atoms with E-state index in [0.29, 0.717) is 11.9 Å². The second-order valence-corrected chi connectivity index (χ2v) is 9.49. The zero-order valence-electron chi connectivity index (χ0n) is 25.1. The van der Waals surface area contributed by atoms with Crippen LogP contribution in [0.1, 0.15) is 102 Å². The van der Waals surface area contributed by atoms with E-state index in [9.17, 15) is 0 Å². The molecule has 3 aromatic rings. The maximum atomic E-state index is 5.60. The number of hydrogen-bond acceptors (Lipinski definition) is 4. The number of nitrogens with zero attached hydrogens (tertiary/aromatic N) is 5. The third-order valence-corrected chi connectivity index (χ3v) is 7.13. The minimum atomic E-state index is 0.479. The molecule has 1 aromatic carbocycles. The average molecular weight is 518 g/mol. The molecule has 2 aliphatic rings. The predicted molar refractivity (Wildman–Crippen MR) is 164 cm³/mol. The summed E-state index contributed by atoms with van der Waals surface area (Å²) in [6.07, 6.45) is 14.7. The third-order valence-electron chi connectivity index (χ3n) is 7.13. The molecule has 38 heavy (non-hydrogen) atoms. The number of benzene rings is 1. The number of piperazine rings is 1. The smallest absolute Gasteiger partial charge is 0.206 e. The van der Waals surface area contributed by atoms with Crippen LogP contribution < -0.4 is 0 Å². The van der Waals surface area contributed by atoms with E-state index in [1.807, 2.05) is 47.7 Å². The van der Waals surface area contributed by atoms with Gasteiger partial charge in [0.05, 0.1) is 0 Å². The maximum Gasteiger partial charge on any atom is 0.206 e. The van der Waals surface area contributed by atoms with Crippen LogP contribution >= 0.6 is 0 Å². The first-order chi connectivity index (χ1) is 18.7. The van der Waals surface area contributed by atoms with Crippen molar-refractivity contribution in [3.8, 4) is 12.3 Å². The summed E-state index contributed by atoms with van der Waals surface area (Å²) in [6, 6.07) is 12.0. The Morgan fingerprint density at radius 3 is 2.08 bits per heavy atom. The van der Waals surface area contributed by atoms with Gasteiger partial charge >= 0.3 is 0 Å². The van der Waals surface area contributed by atoms with Crippen molar-refractivity contribution in [1.82, 2.24) is 24.3 Å². The van der Waals surface area contributed by atoms with Crippen LogP contribution in [0.4, 0.5) is 0 Å². The Morgan fingerprint density at radius 1 is 0.868 bits per heavy atom. The molecule has 1 aliphatic carbocycles. The molecule has 2 aromatic heterocycles. The first-order valence-corrected chi connectivity index (χ1v) is 15.0. The highest BCUT2D eigenvalue weighted by Crippen LogP contribution is 2.33. The molecular formula is C33H51N5. The molecule has 0 bridgehead atoms. The Bertz CT molecular complexity index is 1090. The summed E-state index contributed by atoms with van der Waals surface area (Å²) in [6.45, 7) is 17.7. The summed E-state index contributed by atoms with van der Waals surface area (Å²) >= 11 is 0. The molecule has 0 N–H and O–H groups in total. The summed E-state index contributed by atoms with van der Waals surface area (Å²) in [5.74, 6) is 3.09. The van der Waals surface area contributed by atoms with Crippen LogP contribution in [0.2, 0.25) is 0 Å². The predicted octanol–water partition coefficient (Wildman–Crippen LogP) is 7.33. The number of rotatable bonds is 5. The number of fused-ring (bicyclic) bond motifs is 1. The Hall–Kier alpha value is -2.68. The molecule has 0 atom stereocenters. The largest absolute Gasteiger partial charge is 0.326 e. The van der Waals surface area contributed by atoms with Crippen LogP contribution in [-0.2, 0) is 13.0 Å². The van der Waals surface area contributed by atoms with E-state index in [1.54, 1.807) is 0 Å². The molecule has 208 valence electrons. The van der Waals surface area contributed by atoms with Crippen molar-refractivity contribution >= 4 is 11.0 Å². The molecule has 5 heteroatoms. The van der Waals surface area contributed by atoms with Gasteiger partial charge in [0, 0.05) is 62.5 Å². The lowest BCUT2D eigenvalue weighted by molar-refractivity contribution is 0.148. The van der Waals surface area contributed by atoms with Gasteiger partial charge in [-0.25, -0.2) is 9.97 Å². The molecular weight excluding hydrogens is 466 g/mol. The van der Waals surface area contributed by atoms with Crippen molar-refractivity contribution in [2.45, 2.75) is 92.7 Å². The van der Waals surface area contributed by atoms with E-state index in [-0.39, 0.29) is 0 Å². The van der Waals surface area contributed by atoms with Gasteiger partial charge in [-0.05, 0) is 43.0 Å². The van der Waals surface area contributed by atoms with E-state index in [0.717, 1.165) is 50.2 Å². The van der Waals surface area contributed by atoms with Crippen molar-refractivity contribution in [2.75, 3.05) is 33.2 Å². The number of terminal acetylenes is 1. The van der Waals surface area contributed by atoms with Crippen LogP contribution in [-0.4, -0.2) is 57.6 Å². The van der Waals surface area contributed by atoms with Gasteiger partial charge in [0.15, 0.2) is 0 Å². The Labute approximate surface area is 232 Å². The molecule has 5 nitrogen and oxygen atoms in total. The highest BCUT2D eigenvalue weighted by atomic mass is 15.2. The van der Waals surface area contributed by atoms with Gasteiger partial charge in [-0.1, -0.05) is 85.1 Å². The Balaban J connectivity index is 0.000000791. The van der Waals surface area contributed by atoms with Crippen molar-refractivity contribution in [2.24, 2.45) is 0 Å². The minimum absolute atomic E-state index is 0.479. The van der Waals surface area contributed by atoms with Gasteiger partial charge in [0.25, 0.3) is 0 Å². The second kappa shape index (κ2) is 17.0. The van der Waals surface area contributed by atoms with E-state index in [4.69, 9.17) is 11.4 Å². The molecule has 5 rings (SSSR count). The van der Waals surface area contributed by atoms with Gasteiger partial charge in [-0.2, -0.15) is 0 Å². The van der Waals surface area contributed by atoms with Crippen LogP contribution in [0.3, 0.4) is 0 Å². The first kappa shape index (κ1) is 31.5. The van der Waals surface area contributed by atoms with E-state index in [1.165, 1.54) is 48.9 Å². The fourth-order valence-electron chi connectivity index (χ4n) is 5.25. The van der Waals surface area contributed by atoms with Crippen molar-refractivity contribution in [3.05, 3.63) is 59.2 Å². The third kappa shape index (κ3) is 8.41. The molecule has 1 aliphatic heterocycles. The van der Waals surface area contributed by atoms with Crippen LogP contribution in [0.5, 0.6) is 0 Å². The van der Waals surface area contributed by atoms with Crippen LogP contribution in [0, 0.1) is 12.3 Å². The summed E-state index contributed by atoms with van der Waals surface area (Å²) < 4.78 is 2.47. The number of aromatic nitrogens is 3. The molecule has 0 amide bonds. The molecule has 1 saturated heterocycles. The zero-order valence-corrected chi connectivity index (χ0v) is 25.1. The fourth-order valence-corrected chi connectivity index (χ4v) is 5.25. The molecule has 0 radical (unpaired) electrons. The van der Waals surface area contributed by atoms with Gasteiger partial charge in [0.1, 0.15) is 5.65 Å². The minimum Gasteiger partial charge on any atom is -0.326 e. The Kier molecular flexibility index (Phi) is 14.1. The summed E-state index contributed by atoms with van der Waals surface area (Å²) in [5.41, 5.74) is 5.07. The topological polar surface area (TPSA) is 37.2 Å². The monoisotopic (exact) mass is 517 g/mol. The quantitative estimate of drug-likeness (QED) is 0.332. The van der Waals surface area contributed by atoms with E-state index in [2.05, 4.69) is 62.7 Å². The molecule has 1 saturated carbocycles. The van der Waals surface area contributed by atoms with Crippen molar-refractivity contribution in [3.63, 3.8) is 0 Å². The second-order valence-electron chi connectivity index (χ2n) is 9.49. The van der Waals surface area contributed by atoms with Gasteiger partial charge in [-0.15, -0.1) is 6.42 Å². The SMILES string of the molecule is C#Cc1ncc2cc(Cc3ccc(CN4CCN(C)CC4)cc3)n(C3CCCCC3)c2n1.CC.CC.CC. The normalized spacial score (nSPS) is 16.3. The first-order valence-electron chi connectivity index (χ1n) is 15.0. The molecule has 0 unspecified atom stereocenters.